The van der Waals surface area contributed by atoms with E-state index in [1.54, 1.807) is 11.9 Å². The summed E-state index contributed by atoms with van der Waals surface area (Å²) in [5.41, 5.74) is 0.0449. The summed E-state index contributed by atoms with van der Waals surface area (Å²) < 4.78 is 19.3. The zero-order chi connectivity index (χ0) is 13.1. The fourth-order valence-electron chi connectivity index (χ4n) is 1.96. The van der Waals surface area contributed by atoms with Crippen LogP contribution in [0.15, 0.2) is 12.3 Å². The predicted octanol–water partition coefficient (Wildman–Crippen LogP) is 1.12. The third kappa shape index (κ3) is 2.43. The zero-order valence-electron chi connectivity index (χ0n) is 10.4. The maximum atomic E-state index is 14.0. The highest BCUT2D eigenvalue weighted by molar-refractivity contribution is 5.95. The van der Waals surface area contributed by atoms with Gasteiger partial charge in [0.1, 0.15) is 0 Å². The number of ether oxygens (including phenoxy) is 1. The number of hydrogen-bond acceptors (Lipinski definition) is 4. The fourth-order valence-corrected chi connectivity index (χ4v) is 1.96. The van der Waals surface area contributed by atoms with E-state index in [1.165, 1.54) is 12.3 Å². The second kappa shape index (κ2) is 5.30. The zero-order valence-corrected chi connectivity index (χ0v) is 10.4. The standard InChI is InChI=1S/C12H16FN3O2/c1-8-7-16(5-6-18-8)12(17)9-3-4-15-11(14-2)10(9)13/h3-4,8H,5-7H2,1-2H3,(H,14,15). The highest BCUT2D eigenvalue weighted by Gasteiger charge is 2.25. The summed E-state index contributed by atoms with van der Waals surface area (Å²) in [4.78, 5) is 17.6. The molecule has 0 aromatic carbocycles. The third-order valence-corrected chi connectivity index (χ3v) is 2.88. The van der Waals surface area contributed by atoms with E-state index in [4.69, 9.17) is 4.74 Å². The number of halogens is 1. The summed E-state index contributed by atoms with van der Waals surface area (Å²) in [5.74, 6) is -0.840. The van der Waals surface area contributed by atoms with Crippen LogP contribution in [0.5, 0.6) is 0 Å². The molecule has 1 atom stereocenters. The average molecular weight is 253 g/mol. The highest BCUT2D eigenvalue weighted by Crippen LogP contribution is 2.17. The van der Waals surface area contributed by atoms with Crippen molar-refractivity contribution >= 4 is 11.7 Å². The molecule has 1 aliphatic rings. The molecular formula is C12H16FN3O2. The van der Waals surface area contributed by atoms with E-state index in [9.17, 15) is 9.18 Å². The van der Waals surface area contributed by atoms with Crippen molar-refractivity contribution in [1.82, 2.24) is 9.88 Å². The van der Waals surface area contributed by atoms with Gasteiger partial charge in [-0.3, -0.25) is 4.79 Å². The van der Waals surface area contributed by atoms with E-state index < -0.39 is 5.82 Å². The lowest BCUT2D eigenvalue weighted by molar-refractivity contribution is -0.0125. The maximum absolute atomic E-state index is 14.0. The quantitative estimate of drug-likeness (QED) is 0.858. The van der Waals surface area contributed by atoms with Crippen LogP contribution >= 0.6 is 0 Å². The molecule has 0 aliphatic carbocycles. The first-order chi connectivity index (χ1) is 8.63. The van der Waals surface area contributed by atoms with Crippen LogP contribution in [-0.2, 0) is 4.74 Å². The van der Waals surface area contributed by atoms with Crippen LogP contribution in [0.4, 0.5) is 10.2 Å². The number of hydrogen-bond donors (Lipinski definition) is 1. The maximum Gasteiger partial charge on any atom is 0.257 e. The number of anilines is 1. The number of morpholine rings is 1. The Labute approximate surface area is 105 Å². The molecule has 0 spiro atoms. The summed E-state index contributed by atoms with van der Waals surface area (Å²) in [6.45, 7) is 3.34. The number of pyridine rings is 1. The molecule has 5 nitrogen and oxygen atoms in total. The number of nitrogens with zero attached hydrogens (tertiary/aromatic N) is 2. The molecule has 98 valence electrons. The van der Waals surface area contributed by atoms with Gasteiger partial charge in [-0.2, -0.15) is 0 Å². The van der Waals surface area contributed by atoms with Crippen LogP contribution in [0.25, 0.3) is 0 Å². The number of rotatable bonds is 2. The van der Waals surface area contributed by atoms with Crippen molar-refractivity contribution in [2.45, 2.75) is 13.0 Å². The Morgan fingerprint density at radius 1 is 1.67 bits per heavy atom. The van der Waals surface area contributed by atoms with E-state index in [-0.39, 0.29) is 23.4 Å². The molecule has 1 aliphatic heterocycles. The van der Waals surface area contributed by atoms with Gasteiger partial charge in [-0.25, -0.2) is 9.37 Å². The minimum absolute atomic E-state index is 0.0173. The van der Waals surface area contributed by atoms with E-state index in [0.717, 1.165) is 0 Å². The molecule has 1 N–H and O–H groups in total. The molecule has 0 radical (unpaired) electrons. The van der Waals surface area contributed by atoms with E-state index in [2.05, 4.69) is 10.3 Å². The van der Waals surface area contributed by atoms with Crippen LogP contribution in [0, 0.1) is 5.82 Å². The monoisotopic (exact) mass is 253 g/mol. The predicted molar refractivity (Wildman–Crippen MR) is 65.1 cm³/mol. The molecule has 1 saturated heterocycles. The van der Waals surface area contributed by atoms with Crippen LogP contribution in [0.2, 0.25) is 0 Å². The third-order valence-electron chi connectivity index (χ3n) is 2.88. The second-order valence-electron chi connectivity index (χ2n) is 4.20. The van der Waals surface area contributed by atoms with Crippen LogP contribution in [-0.4, -0.2) is 48.6 Å². The Balaban J connectivity index is 2.23. The second-order valence-corrected chi connectivity index (χ2v) is 4.20. The first-order valence-electron chi connectivity index (χ1n) is 5.86. The minimum atomic E-state index is -0.607. The SMILES string of the molecule is CNc1nccc(C(=O)N2CCOC(C)C2)c1F. The first kappa shape index (κ1) is 12.8. The molecule has 0 bridgehead atoms. The fraction of sp³-hybridized carbons (Fsp3) is 0.500. The van der Waals surface area contributed by atoms with E-state index in [0.29, 0.717) is 19.7 Å². The van der Waals surface area contributed by atoms with Gasteiger partial charge in [0.15, 0.2) is 11.6 Å². The van der Waals surface area contributed by atoms with Crippen molar-refractivity contribution < 1.29 is 13.9 Å². The normalized spacial score (nSPS) is 19.7. The van der Waals surface area contributed by atoms with E-state index >= 15 is 0 Å². The van der Waals surface area contributed by atoms with Crippen molar-refractivity contribution in [3.63, 3.8) is 0 Å². The molecule has 18 heavy (non-hydrogen) atoms. The van der Waals surface area contributed by atoms with Gasteiger partial charge < -0.3 is 15.0 Å². The summed E-state index contributed by atoms with van der Waals surface area (Å²) in [6, 6.07) is 1.40. The number of carbonyl (C=O) groups is 1. The Bertz CT molecular complexity index is 453. The van der Waals surface area contributed by atoms with Crippen LogP contribution < -0.4 is 5.32 Å². The number of amides is 1. The number of nitrogens with one attached hydrogen (secondary N) is 1. The topological polar surface area (TPSA) is 54.5 Å². The number of aromatic nitrogens is 1. The van der Waals surface area contributed by atoms with Gasteiger partial charge in [-0.05, 0) is 13.0 Å². The van der Waals surface area contributed by atoms with Gasteiger partial charge in [0.25, 0.3) is 5.91 Å². The smallest absolute Gasteiger partial charge is 0.257 e. The molecule has 0 saturated carbocycles. The van der Waals surface area contributed by atoms with Crippen molar-refractivity contribution in [2.24, 2.45) is 0 Å². The van der Waals surface area contributed by atoms with E-state index in [1.807, 2.05) is 6.92 Å². The molecule has 2 heterocycles. The summed E-state index contributed by atoms with van der Waals surface area (Å²) in [5, 5.41) is 2.62. The Morgan fingerprint density at radius 3 is 3.11 bits per heavy atom. The van der Waals surface area contributed by atoms with Gasteiger partial charge in [0.2, 0.25) is 0 Å². The van der Waals surface area contributed by atoms with Crippen LogP contribution in [0.1, 0.15) is 17.3 Å². The van der Waals surface area contributed by atoms with Crippen molar-refractivity contribution in [3.8, 4) is 0 Å². The van der Waals surface area contributed by atoms with Gasteiger partial charge in [0.05, 0.1) is 18.3 Å². The Morgan fingerprint density at radius 2 is 2.44 bits per heavy atom. The summed E-state index contributed by atoms with van der Waals surface area (Å²) in [7, 11) is 1.57. The highest BCUT2D eigenvalue weighted by atomic mass is 19.1. The lowest BCUT2D eigenvalue weighted by Gasteiger charge is -2.31. The molecule has 1 fully saturated rings. The number of carbonyl (C=O) groups excluding carboxylic acids is 1. The molecule has 1 amide bonds. The Kier molecular flexibility index (Phi) is 3.76. The summed E-state index contributed by atoms with van der Waals surface area (Å²) in [6.07, 6.45) is 1.41. The van der Waals surface area contributed by atoms with Crippen LogP contribution in [0.3, 0.4) is 0 Å². The lowest BCUT2D eigenvalue weighted by atomic mass is 10.2. The Hall–Kier alpha value is -1.69. The molecule has 2 rings (SSSR count). The van der Waals surface area contributed by atoms with Crippen molar-refractivity contribution in [2.75, 3.05) is 32.1 Å². The van der Waals surface area contributed by atoms with Gasteiger partial charge in [0, 0.05) is 26.3 Å². The molecule has 1 aromatic rings. The minimum Gasteiger partial charge on any atom is -0.375 e. The lowest BCUT2D eigenvalue weighted by Crippen LogP contribution is -2.44. The molecule has 6 heteroatoms. The summed E-state index contributed by atoms with van der Waals surface area (Å²) >= 11 is 0. The largest absolute Gasteiger partial charge is 0.375 e. The first-order valence-corrected chi connectivity index (χ1v) is 5.86. The van der Waals surface area contributed by atoms with Gasteiger partial charge in [-0.15, -0.1) is 0 Å². The van der Waals surface area contributed by atoms with Gasteiger partial charge >= 0.3 is 0 Å². The van der Waals surface area contributed by atoms with Crippen molar-refractivity contribution in [3.05, 3.63) is 23.6 Å². The molecule has 1 unspecified atom stereocenters. The molecular weight excluding hydrogens is 237 g/mol. The van der Waals surface area contributed by atoms with Gasteiger partial charge in [-0.1, -0.05) is 0 Å². The van der Waals surface area contributed by atoms with Crippen molar-refractivity contribution in [1.29, 1.82) is 0 Å². The molecule has 1 aromatic heterocycles. The average Bonchev–Trinajstić information content (AvgIpc) is 2.38.